The molecule has 0 unspecified atom stereocenters. The number of ether oxygens (including phenoxy) is 1. The second-order valence-corrected chi connectivity index (χ2v) is 5.90. The van der Waals surface area contributed by atoms with Crippen molar-refractivity contribution < 1.29 is 14.3 Å². The summed E-state index contributed by atoms with van der Waals surface area (Å²) in [4.78, 5) is 35.2. The molecular weight excluding hydrogens is 386 g/mol. The number of nitrogens with one attached hydrogen (secondary N) is 1. The van der Waals surface area contributed by atoms with Gasteiger partial charge in [-0.15, -0.1) is 0 Å². The number of primary amides is 1. The number of thioether (sulfide) groups is 1. The van der Waals surface area contributed by atoms with Crippen molar-refractivity contribution in [2.24, 2.45) is 5.73 Å². The van der Waals surface area contributed by atoms with Crippen molar-refractivity contribution in [3.63, 3.8) is 0 Å². The largest absolute Gasteiger partial charge is 0.407 e. The highest BCUT2D eigenvalue weighted by molar-refractivity contribution is 9.10. The van der Waals surface area contributed by atoms with Gasteiger partial charge in [-0.2, -0.15) is 4.98 Å². The van der Waals surface area contributed by atoms with E-state index in [-0.39, 0.29) is 17.3 Å². The molecule has 2 rings (SSSR count). The predicted molar refractivity (Wildman–Crippen MR) is 88.9 cm³/mol. The number of nitrogens with two attached hydrogens (primary N) is 1. The highest BCUT2D eigenvalue weighted by Gasteiger charge is 2.22. The molecule has 0 aromatic carbocycles. The van der Waals surface area contributed by atoms with Crippen LogP contribution in [0, 0.1) is 0 Å². The van der Waals surface area contributed by atoms with Crippen LogP contribution in [0.5, 0.6) is 5.88 Å². The number of halogens is 1. The SMILES string of the molecule is CSc1nc(Nc2cncc(Br)c2)c(C(N)=O)c(OC(C)=O)n1. The van der Waals surface area contributed by atoms with Crippen LogP contribution in [-0.4, -0.2) is 33.1 Å². The second kappa shape index (κ2) is 7.38. The number of hydrogen-bond acceptors (Lipinski definition) is 8. The summed E-state index contributed by atoms with van der Waals surface area (Å²) in [5.74, 6) is -1.49. The third-order valence-electron chi connectivity index (χ3n) is 2.49. The predicted octanol–water partition coefficient (Wildman–Crippen LogP) is 2.12. The van der Waals surface area contributed by atoms with Gasteiger partial charge in [0.05, 0.1) is 11.9 Å². The number of hydrogen-bond donors (Lipinski definition) is 2. The molecule has 0 aliphatic rings. The van der Waals surface area contributed by atoms with Crippen molar-refractivity contribution in [2.75, 3.05) is 11.6 Å². The van der Waals surface area contributed by atoms with Gasteiger partial charge in [0.25, 0.3) is 5.91 Å². The average molecular weight is 398 g/mol. The lowest BCUT2D eigenvalue weighted by Gasteiger charge is -2.13. The first-order valence-electron chi connectivity index (χ1n) is 6.22. The van der Waals surface area contributed by atoms with Crippen LogP contribution in [0.2, 0.25) is 0 Å². The molecule has 0 atom stereocenters. The minimum Gasteiger partial charge on any atom is -0.407 e. The zero-order chi connectivity index (χ0) is 17.0. The molecule has 23 heavy (non-hydrogen) atoms. The van der Waals surface area contributed by atoms with Crippen LogP contribution in [-0.2, 0) is 4.79 Å². The van der Waals surface area contributed by atoms with Gasteiger partial charge in [-0.05, 0) is 28.3 Å². The second-order valence-electron chi connectivity index (χ2n) is 4.21. The lowest BCUT2D eigenvalue weighted by Crippen LogP contribution is -2.19. The molecule has 8 nitrogen and oxygen atoms in total. The highest BCUT2D eigenvalue weighted by atomic mass is 79.9. The Morgan fingerprint density at radius 3 is 2.65 bits per heavy atom. The van der Waals surface area contributed by atoms with Gasteiger partial charge in [0, 0.05) is 17.6 Å². The maximum Gasteiger partial charge on any atom is 0.309 e. The lowest BCUT2D eigenvalue weighted by molar-refractivity contribution is -0.132. The highest BCUT2D eigenvalue weighted by Crippen LogP contribution is 2.28. The van der Waals surface area contributed by atoms with Gasteiger partial charge in [-0.1, -0.05) is 11.8 Å². The van der Waals surface area contributed by atoms with Crippen LogP contribution in [0.1, 0.15) is 17.3 Å². The number of aromatic nitrogens is 3. The summed E-state index contributed by atoms with van der Waals surface area (Å²) in [5, 5.41) is 3.25. The molecule has 0 bridgehead atoms. The van der Waals surface area contributed by atoms with E-state index in [1.165, 1.54) is 18.7 Å². The Morgan fingerprint density at radius 2 is 2.09 bits per heavy atom. The smallest absolute Gasteiger partial charge is 0.309 e. The van der Waals surface area contributed by atoms with E-state index in [1.807, 2.05) is 0 Å². The van der Waals surface area contributed by atoms with Crippen LogP contribution in [0.15, 0.2) is 28.1 Å². The Bertz CT molecular complexity index is 771. The first-order chi connectivity index (χ1) is 10.9. The minimum atomic E-state index is -0.820. The summed E-state index contributed by atoms with van der Waals surface area (Å²) >= 11 is 4.53. The molecule has 0 saturated carbocycles. The Morgan fingerprint density at radius 1 is 1.35 bits per heavy atom. The van der Waals surface area contributed by atoms with Gasteiger partial charge in [-0.25, -0.2) is 4.98 Å². The summed E-state index contributed by atoms with van der Waals surface area (Å²) in [7, 11) is 0. The van der Waals surface area contributed by atoms with Gasteiger partial charge in [0.2, 0.25) is 5.88 Å². The Labute approximate surface area is 144 Å². The fourth-order valence-electron chi connectivity index (χ4n) is 1.65. The quantitative estimate of drug-likeness (QED) is 0.447. The molecule has 0 fully saturated rings. The Kier molecular flexibility index (Phi) is 5.50. The van der Waals surface area contributed by atoms with E-state index >= 15 is 0 Å². The first kappa shape index (κ1) is 17.2. The molecular formula is C13H12BrN5O3S. The summed E-state index contributed by atoms with van der Waals surface area (Å²) in [6.45, 7) is 1.21. The van der Waals surface area contributed by atoms with Crippen molar-refractivity contribution in [1.82, 2.24) is 15.0 Å². The maximum absolute atomic E-state index is 11.8. The van der Waals surface area contributed by atoms with Crippen molar-refractivity contribution in [2.45, 2.75) is 12.1 Å². The van der Waals surface area contributed by atoms with Crippen molar-refractivity contribution in [3.8, 4) is 5.88 Å². The molecule has 0 aliphatic heterocycles. The van der Waals surface area contributed by atoms with Crippen LogP contribution >= 0.6 is 27.7 Å². The number of amides is 1. The number of carbonyl (C=O) groups is 2. The molecule has 120 valence electrons. The minimum absolute atomic E-state index is 0.113. The van der Waals surface area contributed by atoms with Crippen molar-refractivity contribution in [3.05, 3.63) is 28.5 Å². The van der Waals surface area contributed by atoms with Crippen molar-refractivity contribution in [1.29, 1.82) is 0 Å². The third kappa shape index (κ3) is 4.39. The molecule has 2 aromatic rings. The van der Waals surface area contributed by atoms with Gasteiger partial charge in [0.15, 0.2) is 11.0 Å². The van der Waals surface area contributed by atoms with Gasteiger partial charge in [-0.3, -0.25) is 14.6 Å². The number of rotatable bonds is 5. The monoisotopic (exact) mass is 397 g/mol. The standard InChI is InChI=1S/C13H12BrN5O3S/c1-6(20)22-12-9(10(15)21)11(18-13(19-12)23-2)17-8-3-7(14)4-16-5-8/h3-5H,1-2H3,(H2,15,21)(H,17,18,19). The summed E-state index contributed by atoms with van der Waals surface area (Å²) in [6, 6.07) is 1.74. The van der Waals surface area contributed by atoms with Crippen LogP contribution in [0.3, 0.4) is 0 Å². The van der Waals surface area contributed by atoms with E-state index in [4.69, 9.17) is 10.5 Å². The Hall–Kier alpha value is -2.20. The molecule has 1 amide bonds. The van der Waals surface area contributed by atoms with Crippen molar-refractivity contribution >= 4 is 51.1 Å². The van der Waals surface area contributed by atoms with Gasteiger partial charge >= 0.3 is 5.97 Å². The number of nitrogens with zero attached hydrogens (tertiary/aromatic N) is 3. The van der Waals surface area contributed by atoms with E-state index < -0.39 is 11.9 Å². The Balaban J connectivity index is 2.55. The molecule has 10 heteroatoms. The molecule has 0 radical (unpaired) electrons. The summed E-state index contributed by atoms with van der Waals surface area (Å²) < 4.78 is 5.72. The van der Waals surface area contributed by atoms with Crippen LogP contribution in [0.25, 0.3) is 0 Å². The van der Waals surface area contributed by atoms with Gasteiger partial charge in [0.1, 0.15) is 5.56 Å². The lowest BCUT2D eigenvalue weighted by atomic mass is 10.2. The van der Waals surface area contributed by atoms with Gasteiger partial charge < -0.3 is 15.8 Å². The molecule has 0 aliphatic carbocycles. The van der Waals surface area contributed by atoms with Crippen LogP contribution < -0.4 is 15.8 Å². The van der Waals surface area contributed by atoms with E-state index in [9.17, 15) is 9.59 Å². The molecule has 3 N–H and O–H groups in total. The third-order valence-corrected chi connectivity index (χ3v) is 3.47. The van der Waals surface area contributed by atoms with E-state index in [2.05, 4.69) is 36.2 Å². The zero-order valence-electron chi connectivity index (χ0n) is 12.2. The molecule has 0 spiro atoms. The number of carbonyl (C=O) groups excluding carboxylic acids is 2. The van der Waals surface area contributed by atoms with E-state index in [1.54, 1.807) is 24.7 Å². The van der Waals surface area contributed by atoms with E-state index in [0.29, 0.717) is 10.8 Å². The number of anilines is 2. The zero-order valence-corrected chi connectivity index (χ0v) is 14.6. The topological polar surface area (TPSA) is 120 Å². The first-order valence-corrected chi connectivity index (χ1v) is 8.24. The number of esters is 1. The van der Waals surface area contributed by atoms with Crippen LogP contribution in [0.4, 0.5) is 11.5 Å². The molecule has 2 aromatic heterocycles. The molecule has 0 saturated heterocycles. The molecule has 2 heterocycles. The number of pyridine rings is 1. The van der Waals surface area contributed by atoms with E-state index in [0.717, 1.165) is 4.47 Å². The average Bonchev–Trinajstić information content (AvgIpc) is 2.45. The fraction of sp³-hybridized carbons (Fsp3) is 0.154. The maximum atomic E-state index is 11.8. The summed E-state index contributed by atoms with van der Waals surface area (Å²) in [6.07, 6.45) is 4.90. The summed E-state index contributed by atoms with van der Waals surface area (Å²) in [5.41, 5.74) is 5.84. The fourth-order valence-corrected chi connectivity index (χ4v) is 2.37. The normalized spacial score (nSPS) is 10.2.